The molecular weight excluding hydrogens is 336 g/mol. The molecule has 1 aromatic carbocycles. The van der Waals surface area contributed by atoms with Crippen LogP contribution in [0.25, 0.3) is 0 Å². The lowest BCUT2D eigenvalue weighted by Gasteiger charge is -2.34. The summed E-state index contributed by atoms with van der Waals surface area (Å²) in [7, 11) is 1.62. The van der Waals surface area contributed by atoms with E-state index in [0.29, 0.717) is 44.0 Å². The zero-order valence-electron chi connectivity index (χ0n) is 11.9. The van der Waals surface area contributed by atoms with E-state index in [1.165, 1.54) is 0 Å². The molecule has 21 heavy (non-hydrogen) atoms. The summed E-state index contributed by atoms with van der Waals surface area (Å²) in [5, 5.41) is 2.60. The van der Waals surface area contributed by atoms with Gasteiger partial charge in [-0.2, -0.15) is 0 Å². The second-order valence-corrected chi connectivity index (χ2v) is 5.89. The molecule has 0 spiro atoms. The minimum Gasteiger partial charge on any atom is -0.398 e. The van der Waals surface area contributed by atoms with Crippen LogP contribution in [0.1, 0.15) is 10.4 Å². The van der Waals surface area contributed by atoms with E-state index >= 15 is 0 Å². The molecule has 3 N–H and O–H groups in total. The molecule has 7 heteroatoms. The van der Waals surface area contributed by atoms with Gasteiger partial charge in [-0.15, -0.1) is 0 Å². The van der Waals surface area contributed by atoms with Crippen molar-refractivity contribution in [2.24, 2.45) is 0 Å². The fourth-order valence-electron chi connectivity index (χ4n) is 2.29. The van der Waals surface area contributed by atoms with E-state index in [-0.39, 0.29) is 11.8 Å². The molecule has 1 aliphatic rings. The highest BCUT2D eigenvalue weighted by atomic mass is 79.9. The first kappa shape index (κ1) is 15.8. The van der Waals surface area contributed by atoms with Gasteiger partial charge in [0.15, 0.2) is 0 Å². The third kappa shape index (κ3) is 3.95. The number of halogens is 1. The van der Waals surface area contributed by atoms with Crippen LogP contribution in [0.2, 0.25) is 0 Å². The number of nitrogens with two attached hydrogens (primary N) is 1. The van der Waals surface area contributed by atoms with Crippen LogP contribution in [0, 0.1) is 0 Å². The normalized spacial score (nSPS) is 15.8. The number of benzene rings is 1. The third-order valence-corrected chi connectivity index (χ3v) is 4.04. The molecule has 0 radical (unpaired) electrons. The second-order valence-electron chi connectivity index (χ2n) is 4.97. The number of hydrogen-bond donors (Lipinski definition) is 2. The van der Waals surface area contributed by atoms with Gasteiger partial charge in [-0.05, 0) is 18.2 Å². The van der Waals surface area contributed by atoms with Crippen molar-refractivity contribution in [1.82, 2.24) is 15.1 Å². The zero-order chi connectivity index (χ0) is 15.4. The Labute approximate surface area is 132 Å². The number of anilines is 1. The lowest BCUT2D eigenvalue weighted by molar-refractivity contribution is -0.122. The first-order chi connectivity index (χ1) is 10.0. The van der Waals surface area contributed by atoms with Gasteiger partial charge in [-0.1, -0.05) is 15.9 Å². The number of likely N-dealkylation sites (N-methyl/N-ethyl adjacent to an activating group) is 1. The highest BCUT2D eigenvalue weighted by Gasteiger charge is 2.24. The van der Waals surface area contributed by atoms with Crippen LogP contribution in [-0.2, 0) is 4.79 Å². The second kappa shape index (κ2) is 6.91. The summed E-state index contributed by atoms with van der Waals surface area (Å²) < 4.78 is 0.854. The first-order valence-electron chi connectivity index (χ1n) is 6.78. The van der Waals surface area contributed by atoms with Gasteiger partial charge < -0.3 is 16.0 Å². The van der Waals surface area contributed by atoms with Crippen molar-refractivity contribution in [3.8, 4) is 0 Å². The standard InChI is InChI=1S/C14H19BrN4O2/c1-17-13(20)9-18-4-6-19(7-5-18)14(21)11-3-2-10(15)8-12(11)16/h2-3,8H,4-7,9,16H2,1H3,(H,17,20). The number of carbonyl (C=O) groups is 2. The molecule has 1 fully saturated rings. The Morgan fingerprint density at radius 3 is 2.52 bits per heavy atom. The topological polar surface area (TPSA) is 78.7 Å². The number of nitrogens with one attached hydrogen (secondary N) is 1. The van der Waals surface area contributed by atoms with Crippen molar-refractivity contribution in [2.75, 3.05) is 45.5 Å². The highest BCUT2D eigenvalue weighted by Crippen LogP contribution is 2.20. The van der Waals surface area contributed by atoms with Crippen LogP contribution in [0.15, 0.2) is 22.7 Å². The molecule has 0 atom stereocenters. The predicted molar refractivity (Wildman–Crippen MR) is 85.0 cm³/mol. The Kier molecular flexibility index (Phi) is 5.19. The number of carbonyl (C=O) groups excluding carboxylic acids is 2. The maximum Gasteiger partial charge on any atom is 0.256 e. The van der Waals surface area contributed by atoms with E-state index in [0.717, 1.165) is 4.47 Å². The van der Waals surface area contributed by atoms with Gasteiger partial charge in [0.05, 0.1) is 12.1 Å². The van der Waals surface area contributed by atoms with Crippen LogP contribution < -0.4 is 11.1 Å². The Bertz CT molecular complexity index is 542. The average molecular weight is 355 g/mol. The molecule has 0 saturated carbocycles. The summed E-state index contributed by atoms with van der Waals surface area (Å²) in [4.78, 5) is 27.6. The molecule has 1 saturated heterocycles. The summed E-state index contributed by atoms with van der Waals surface area (Å²) in [6.45, 7) is 2.96. The minimum atomic E-state index is -0.0559. The van der Waals surface area contributed by atoms with E-state index in [9.17, 15) is 9.59 Å². The van der Waals surface area contributed by atoms with Crippen molar-refractivity contribution in [3.63, 3.8) is 0 Å². The predicted octanol–water partition coefficient (Wildman–Crippen LogP) is 0.535. The van der Waals surface area contributed by atoms with Gasteiger partial charge in [0.2, 0.25) is 5.91 Å². The van der Waals surface area contributed by atoms with E-state index in [1.807, 2.05) is 11.0 Å². The summed E-state index contributed by atoms with van der Waals surface area (Å²) in [6, 6.07) is 5.28. The Balaban J connectivity index is 1.95. The maximum atomic E-state index is 12.4. The van der Waals surface area contributed by atoms with Gasteiger partial charge in [0.1, 0.15) is 0 Å². The van der Waals surface area contributed by atoms with Crippen LogP contribution in [0.5, 0.6) is 0 Å². The molecule has 2 rings (SSSR count). The molecule has 0 bridgehead atoms. The molecule has 0 aliphatic carbocycles. The number of piperazine rings is 1. The number of nitrogen functional groups attached to an aromatic ring is 1. The Morgan fingerprint density at radius 2 is 1.95 bits per heavy atom. The van der Waals surface area contributed by atoms with Crippen molar-refractivity contribution < 1.29 is 9.59 Å². The molecule has 1 aromatic rings. The van der Waals surface area contributed by atoms with Crippen LogP contribution in [0.4, 0.5) is 5.69 Å². The van der Waals surface area contributed by atoms with Crippen LogP contribution in [0.3, 0.4) is 0 Å². The summed E-state index contributed by atoms with van der Waals surface area (Å²) in [5.41, 5.74) is 6.90. The number of amides is 2. The summed E-state index contributed by atoms with van der Waals surface area (Å²) in [6.07, 6.45) is 0. The first-order valence-corrected chi connectivity index (χ1v) is 7.58. The van der Waals surface area contributed by atoms with Crippen molar-refractivity contribution in [3.05, 3.63) is 28.2 Å². The fourth-order valence-corrected chi connectivity index (χ4v) is 2.67. The van der Waals surface area contributed by atoms with E-state index in [1.54, 1.807) is 24.1 Å². The maximum absolute atomic E-state index is 12.4. The van der Waals surface area contributed by atoms with E-state index in [2.05, 4.69) is 21.2 Å². The molecule has 114 valence electrons. The number of nitrogens with zero attached hydrogens (tertiary/aromatic N) is 2. The van der Waals surface area contributed by atoms with E-state index in [4.69, 9.17) is 5.73 Å². The molecule has 0 aromatic heterocycles. The molecule has 6 nitrogen and oxygen atoms in total. The van der Waals surface area contributed by atoms with Gasteiger partial charge in [-0.25, -0.2) is 0 Å². The summed E-state index contributed by atoms with van der Waals surface area (Å²) >= 11 is 3.33. The molecule has 0 unspecified atom stereocenters. The SMILES string of the molecule is CNC(=O)CN1CCN(C(=O)c2ccc(Br)cc2N)CC1. The highest BCUT2D eigenvalue weighted by molar-refractivity contribution is 9.10. The van der Waals surface area contributed by atoms with Crippen molar-refractivity contribution in [2.45, 2.75) is 0 Å². The summed E-state index contributed by atoms with van der Waals surface area (Å²) in [5.74, 6) is -0.0634. The van der Waals surface area contributed by atoms with Gasteiger partial charge in [0.25, 0.3) is 5.91 Å². The zero-order valence-corrected chi connectivity index (χ0v) is 13.5. The molecule has 1 aliphatic heterocycles. The molecule has 1 heterocycles. The number of rotatable bonds is 3. The van der Waals surface area contributed by atoms with E-state index < -0.39 is 0 Å². The smallest absolute Gasteiger partial charge is 0.256 e. The van der Waals surface area contributed by atoms with Crippen LogP contribution in [-0.4, -0.2) is 61.4 Å². The monoisotopic (exact) mass is 354 g/mol. The Hall–Kier alpha value is -1.60. The van der Waals surface area contributed by atoms with Gasteiger partial charge in [0, 0.05) is 43.4 Å². The molecule has 2 amide bonds. The Morgan fingerprint density at radius 1 is 1.29 bits per heavy atom. The van der Waals surface area contributed by atoms with Crippen LogP contribution >= 0.6 is 15.9 Å². The fraction of sp³-hybridized carbons (Fsp3) is 0.429. The molecular formula is C14H19BrN4O2. The van der Waals surface area contributed by atoms with Crippen molar-refractivity contribution in [1.29, 1.82) is 0 Å². The lowest BCUT2D eigenvalue weighted by atomic mass is 10.1. The average Bonchev–Trinajstić information content (AvgIpc) is 2.47. The minimum absolute atomic E-state index is 0.00747. The third-order valence-electron chi connectivity index (χ3n) is 3.55. The number of hydrogen-bond acceptors (Lipinski definition) is 4. The largest absolute Gasteiger partial charge is 0.398 e. The van der Waals surface area contributed by atoms with Crippen molar-refractivity contribution >= 4 is 33.4 Å². The lowest BCUT2D eigenvalue weighted by Crippen LogP contribution is -2.51. The quantitative estimate of drug-likeness (QED) is 0.776. The van der Waals surface area contributed by atoms with Gasteiger partial charge >= 0.3 is 0 Å². The van der Waals surface area contributed by atoms with Gasteiger partial charge in [-0.3, -0.25) is 14.5 Å².